The number of nitrogens with one attached hydrogen (secondary N) is 1. The maximum absolute atomic E-state index is 12.7. The Kier molecular flexibility index (Phi) is 6.55. The summed E-state index contributed by atoms with van der Waals surface area (Å²) in [7, 11) is 0. The van der Waals surface area contributed by atoms with E-state index in [1.807, 2.05) is 25.1 Å². The molecule has 1 aliphatic heterocycles. The summed E-state index contributed by atoms with van der Waals surface area (Å²) in [5, 5.41) is 2.93. The van der Waals surface area contributed by atoms with Gasteiger partial charge in [-0.05, 0) is 30.7 Å². The summed E-state index contributed by atoms with van der Waals surface area (Å²) in [4.78, 5) is 25.2. The maximum atomic E-state index is 12.7. The van der Waals surface area contributed by atoms with Crippen molar-refractivity contribution in [2.24, 2.45) is 0 Å². The summed E-state index contributed by atoms with van der Waals surface area (Å²) in [6, 6.07) is 8.44. The fourth-order valence-corrected chi connectivity index (χ4v) is 3.49. The van der Waals surface area contributed by atoms with Crippen LogP contribution in [-0.2, 0) is 17.8 Å². The molecule has 1 N–H and O–H groups in total. The molecule has 3 heterocycles. The van der Waals surface area contributed by atoms with Crippen LogP contribution in [0.15, 0.2) is 48.9 Å². The minimum atomic E-state index is -4.40. The molecule has 1 atom stereocenters. The average molecular weight is 458 g/mol. The number of nitrogens with zero attached hydrogens (tertiary/aromatic N) is 3. The first-order valence-electron chi connectivity index (χ1n) is 10.2. The van der Waals surface area contributed by atoms with Gasteiger partial charge in [0.05, 0.1) is 23.9 Å². The van der Waals surface area contributed by atoms with Crippen LogP contribution in [0.2, 0.25) is 0 Å². The number of ether oxygens (including phenoxy) is 2. The molecule has 7 nitrogen and oxygen atoms in total. The Morgan fingerprint density at radius 1 is 1.15 bits per heavy atom. The van der Waals surface area contributed by atoms with Gasteiger partial charge in [-0.25, -0.2) is 9.97 Å². The molecule has 0 spiro atoms. The van der Waals surface area contributed by atoms with Gasteiger partial charge in [0.1, 0.15) is 24.8 Å². The summed E-state index contributed by atoms with van der Waals surface area (Å²) >= 11 is 0. The molecular formula is C23H21F3N4O3. The molecule has 0 saturated carbocycles. The Hall–Kier alpha value is -3.53. The highest BCUT2D eigenvalue weighted by atomic mass is 19.4. The SMILES string of the molecule is Cc1ncc(-c2cccc3c2C[C@H](NC(=O)c2ccc(COCC(F)(F)F)nc2)CO3)cn1. The molecule has 4 rings (SSSR count). The highest BCUT2D eigenvalue weighted by molar-refractivity contribution is 5.94. The van der Waals surface area contributed by atoms with Crippen molar-refractivity contribution >= 4 is 5.91 Å². The minimum Gasteiger partial charge on any atom is -0.491 e. The molecule has 0 aliphatic carbocycles. The summed E-state index contributed by atoms with van der Waals surface area (Å²) < 4.78 is 46.9. The fraction of sp³-hybridized carbons (Fsp3) is 0.304. The molecule has 0 fully saturated rings. The molecule has 0 saturated heterocycles. The molecule has 1 amide bonds. The number of benzene rings is 1. The fourth-order valence-electron chi connectivity index (χ4n) is 3.49. The van der Waals surface area contributed by atoms with Gasteiger partial charge in [-0.1, -0.05) is 12.1 Å². The van der Waals surface area contributed by atoms with Gasteiger partial charge >= 0.3 is 6.18 Å². The van der Waals surface area contributed by atoms with Gasteiger partial charge in [0.15, 0.2) is 0 Å². The van der Waals surface area contributed by atoms with E-state index < -0.39 is 12.8 Å². The second-order valence-electron chi connectivity index (χ2n) is 7.63. The molecule has 3 aromatic rings. The maximum Gasteiger partial charge on any atom is 0.411 e. The lowest BCUT2D eigenvalue weighted by atomic mass is 9.94. The number of aryl methyl sites for hydroxylation is 1. The number of aromatic nitrogens is 3. The van der Waals surface area contributed by atoms with Crippen molar-refractivity contribution in [3.05, 3.63) is 71.6 Å². The van der Waals surface area contributed by atoms with Crippen LogP contribution in [0.3, 0.4) is 0 Å². The van der Waals surface area contributed by atoms with Crippen molar-refractivity contribution in [3.8, 4) is 16.9 Å². The van der Waals surface area contributed by atoms with Gasteiger partial charge in [0.2, 0.25) is 0 Å². The van der Waals surface area contributed by atoms with E-state index in [0.717, 1.165) is 22.4 Å². The number of alkyl halides is 3. The van der Waals surface area contributed by atoms with Crippen molar-refractivity contribution in [1.29, 1.82) is 0 Å². The number of hydrogen-bond donors (Lipinski definition) is 1. The number of amides is 1. The van der Waals surface area contributed by atoms with E-state index in [9.17, 15) is 18.0 Å². The van der Waals surface area contributed by atoms with Gasteiger partial charge < -0.3 is 14.8 Å². The second kappa shape index (κ2) is 9.53. The van der Waals surface area contributed by atoms with Crippen LogP contribution in [0.25, 0.3) is 11.1 Å². The predicted molar refractivity (Wildman–Crippen MR) is 113 cm³/mol. The van der Waals surface area contributed by atoms with Crippen LogP contribution < -0.4 is 10.1 Å². The topological polar surface area (TPSA) is 86.2 Å². The van der Waals surface area contributed by atoms with Gasteiger partial charge in [-0.2, -0.15) is 13.2 Å². The van der Waals surface area contributed by atoms with E-state index in [1.165, 1.54) is 18.3 Å². The molecular weight excluding hydrogens is 437 g/mol. The molecule has 1 aromatic carbocycles. The third-order valence-corrected chi connectivity index (χ3v) is 5.05. The van der Waals surface area contributed by atoms with Crippen LogP contribution in [0.1, 0.15) is 27.4 Å². The number of halogens is 3. The number of fused-ring (bicyclic) bond motifs is 1. The summed E-state index contributed by atoms with van der Waals surface area (Å²) in [5.41, 5.74) is 3.35. The Labute approximate surface area is 188 Å². The smallest absolute Gasteiger partial charge is 0.411 e. The number of carbonyl (C=O) groups is 1. The molecule has 0 radical (unpaired) electrons. The third-order valence-electron chi connectivity index (χ3n) is 5.05. The molecule has 1 aliphatic rings. The minimum absolute atomic E-state index is 0.271. The second-order valence-corrected chi connectivity index (χ2v) is 7.63. The van der Waals surface area contributed by atoms with Crippen LogP contribution in [0.4, 0.5) is 13.2 Å². The number of pyridine rings is 1. The Bertz CT molecular complexity index is 1120. The Morgan fingerprint density at radius 2 is 1.94 bits per heavy atom. The zero-order valence-electron chi connectivity index (χ0n) is 17.7. The highest BCUT2D eigenvalue weighted by Gasteiger charge is 2.27. The summed E-state index contributed by atoms with van der Waals surface area (Å²) in [6.45, 7) is 0.482. The number of hydrogen-bond acceptors (Lipinski definition) is 6. The molecule has 0 unspecified atom stereocenters. The normalized spacial score (nSPS) is 15.5. The molecule has 10 heteroatoms. The van der Waals surface area contributed by atoms with E-state index in [0.29, 0.717) is 30.1 Å². The van der Waals surface area contributed by atoms with Gasteiger partial charge in [0, 0.05) is 36.1 Å². The average Bonchev–Trinajstić information content (AvgIpc) is 2.79. The quantitative estimate of drug-likeness (QED) is 0.607. The zero-order chi connectivity index (χ0) is 23.4. The number of carbonyl (C=O) groups excluding carboxylic acids is 1. The van der Waals surface area contributed by atoms with Gasteiger partial charge in [0.25, 0.3) is 5.91 Å². The van der Waals surface area contributed by atoms with E-state index in [-0.39, 0.29) is 18.6 Å². The van der Waals surface area contributed by atoms with Crippen LogP contribution in [-0.4, -0.2) is 46.3 Å². The third kappa shape index (κ3) is 5.83. The molecule has 2 aromatic heterocycles. The van der Waals surface area contributed by atoms with Crippen molar-refractivity contribution in [3.63, 3.8) is 0 Å². The molecule has 172 valence electrons. The van der Waals surface area contributed by atoms with E-state index in [1.54, 1.807) is 12.4 Å². The van der Waals surface area contributed by atoms with Crippen LogP contribution >= 0.6 is 0 Å². The first-order chi connectivity index (χ1) is 15.8. The van der Waals surface area contributed by atoms with E-state index in [2.05, 4.69) is 25.0 Å². The van der Waals surface area contributed by atoms with Gasteiger partial charge in [-0.15, -0.1) is 0 Å². The van der Waals surface area contributed by atoms with Gasteiger partial charge in [-0.3, -0.25) is 9.78 Å². The summed E-state index contributed by atoms with van der Waals surface area (Å²) in [5.74, 6) is 1.08. The molecule has 33 heavy (non-hydrogen) atoms. The largest absolute Gasteiger partial charge is 0.491 e. The van der Waals surface area contributed by atoms with Crippen molar-refractivity contribution < 1.29 is 27.4 Å². The zero-order valence-corrected chi connectivity index (χ0v) is 17.7. The van der Waals surface area contributed by atoms with E-state index >= 15 is 0 Å². The molecule has 0 bridgehead atoms. The predicted octanol–water partition coefficient (Wildman–Crippen LogP) is 3.66. The highest BCUT2D eigenvalue weighted by Crippen LogP contribution is 2.34. The van der Waals surface area contributed by atoms with E-state index in [4.69, 9.17) is 4.74 Å². The number of rotatable bonds is 6. The summed E-state index contributed by atoms with van der Waals surface area (Å²) in [6.07, 6.45) is 0.987. The Balaban J connectivity index is 1.40. The lowest BCUT2D eigenvalue weighted by Gasteiger charge is -2.28. The van der Waals surface area contributed by atoms with Crippen molar-refractivity contribution in [1.82, 2.24) is 20.3 Å². The van der Waals surface area contributed by atoms with Crippen LogP contribution in [0.5, 0.6) is 5.75 Å². The Morgan fingerprint density at radius 3 is 2.64 bits per heavy atom. The monoisotopic (exact) mass is 458 g/mol. The van der Waals surface area contributed by atoms with Crippen molar-refractivity contribution in [2.45, 2.75) is 32.2 Å². The van der Waals surface area contributed by atoms with Crippen molar-refractivity contribution in [2.75, 3.05) is 13.2 Å². The lowest BCUT2D eigenvalue weighted by molar-refractivity contribution is -0.176. The lowest BCUT2D eigenvalue weighted by Crippen LogP contribution is -2.42. The van der Waals surface area contributed by atoms with Crippen LogP contribution in [0, 0.1) is 6.92 Å². The standard InChI is InChI=1S/C23H21F3N4O3/c1-14-27-9-16(10-28-14)19-3-2-4-21-20(19)7-18(12-33-21)30-22(31)15-5-6-17(29-8-15)11-32-13-23(24,25)26/h2-6,8-10,18H,7,11-13H2,1H3,(H,30,31)/t18-/m0/s1. The first kappa shape index (κ1) is 22.7. The first-order valence-corrected chi connectivity index (χ1v) is 10.2.